The van der Waals surface area contributed by atoms with Crippen LogP contribution in [0.1, 0.15) is 19.0 Å². The number of carbonyl (C=O) groups is 2. The van der Waals surface area contributed by atoms with Gasteiger partial charge >= 0.3 is 10.3 Å². The number of hydrogen-bond donors (Lipinski definition) is 3. The van der Waals surface area contributed by atoms with E-state index < -0.39 is 34.2 Å². The van der Waals surface area contributed by atoms with Crippen molar-refractivity contribution >= 4 is 44.3 Å². The Morgan fingerprint density at radius 2 is 2.29 bits per heavy atom. The molecule has 0 aromatic carbocycles. The number of oxime groups is 1. The zero-order valence-corrected chi connectivity index (χ0v) is 14.3. The minimum Gasteiger partial charge on any atom is -0.398 e. The molecule has 132 valence electrons. The average Bonchev–Trinajstić information content (AvgIpc) is 2.91. The fraction of sp³-hybridized carbons (Fsp3) is 0.455. The highest BCUT2D eigenvalue weighted by Crippen LogP contribution is 2.26. The highest BCUT2D eigenvalue weighted by atomic mass is 32.2. The molecule has 1 aromatic rings. The molecule has 0 unspecified atom stereocenters. The Hall–Kier alpha value is -2.25. The van der Waals surface area contributed by atoms with Gasteiger partial charge in [0.1, 0.15) is 18.8 Å². The van der Waals surface area contributed by atoms with Crippen LogP contribution < -0.4 is 11.1 Å². The van der Waals surface area contributed by atoms with E-state index >= 15 is 0 Å². The van der Waals surface area contributed by atoms with Gasteiger partial charge in [-0.25, -0.2) is 9.29 Å². The van der Waals surface area contributed by atoms with Crippen molar-refractivity contribution in [2.24, 2.45) is 5.16 Å². The van der Waals surface area contributed by atoms with E-state index in [2.05, 4.69) is 20.3 Å². The lowest BCUT2D eigenvalue weighted by Gasteiger charge is -2.43. The number of rotatable bonds is 6. The van der Waals surface area contributed by atoms with E-state index in [9.17, 15) is 18.0 Å². The van der Waals surface area contributed by atoms with Crippen molar-refractivity contribution in [1.82, 2.24) is 14.6 Å². The monoisotopic (exact) mass is 377 g/mol. The maximum atomic E-state index is 12.3. The van der Waals surface area contributed by atoms with Crippen molar-refractivity contribution in [3.63, 3.8) is 0 Å². The lowest BCUT2D eigenvalue weighted by atomic mass is 9.96. The third-order valence-electron chi connectivity index (χ3n) is 3.28. The summed E-state index contributed by atoms with van der Waals surface area (Å²) in [5.74, 6) is -1.72. The maximum absolute atomic E-state index is 12.3. The number of carbonyl (C=O) groups excluding carboxylic acids is 2. The molecule has 1 saturated heterocycles. The molecular weight excluding hydrogens is 362 g/mol. The minimum atomic E-state index is -4.67. The molecular formula is C11H15N5O6S2. The third kappa shape index (κ3) is 3.32. The molecule has 24 heavy (non-hydrogen) atoms. The van der Waals surface area contributed by atoms with Crippen LogP contribution in [0.5, 0.6) is 0 Å². The molecule has 2 rings (SSSR count). The SMILES string of the molecule is CC[C@@H]1[C@@H](NC(=O)/C(=N\OC)c2csc(N)n2)C(=O)N1S(=O)(=O)O. The Kier molecular flexibility index (Phi) is 5.05. The quantitative estimate of drug-likeness (QED) is 0.245. The molecule has 1 fully saturated rings. The van der Waals surface area contributed by atoms with Gasteiger partial charge in [-0.1, -0.05) is 12.1 Å². The van der Waals surface area contributed by atoms with Gasteiger partial charge in [0.15, 0.2) is 10.8 Å². The van der Waals surface area contributed by atoms with Crippen LogP contribution in [0.15, 0.2) is 10.5 Å². The van der Waals surface area contributed by atoms with Crippen molar-refractivity contribution in [2.75, 3.05) is 12.8 Å². The van der Waals surface area contributed by atoms with Crippen LogP contribution in [0.25, 0.3) is 0 Å². The molecule has 0 saturated carbocycles. The number of nitrogens with one attached hydrogen (secondary N) is 1. The second-order valence-corrected chi connectivity index (χ2v) is 6.91. The van der Waals surface area contributed by atoms with Crippen LogP contribution in [0.3, 0.4) is 0 Å². The second-order valence-electron chi connectivity index (χ2n) is 4.73. The second kappa shape index (κ2) is 6.70. The number of nitrogens with zero attached hydrogens (tertiary/aromatic N) is 3. The van der Waals surface area contributed by atoms with Crippen molar-refractivity contribution in [1.29, 1.82) is 0 Å². The van der Waals surface area contributed by atoms with Crippen molar-refractivity contribution in [3.8, 4) is 0 Å². The zero-order valence-electron chi connectivity index (χ0n) is 12.7. The Morgan fingerprint density at radius 1 is 1.62 bits per heavy atom. The van der Waals surface area contributed by atoms with Crippen molar-refractivity contribution in [2.45, 2.75) is 25.4 Å². The lowest BCUT2D eigenvalue weighted by Crippen LogP contribution is -2.72. The summed E-state index contributed by atoms with van der Waals surface area (Å²) >= 11 is 1.09. The van der Waals surface area contributed by atoms with Crippen LogP contribution in [0, 0.1) is 0 Å². The molecule has 0 spiro atoms. The van der Waals surface area contributed by atoms with Gasteiger partial charge in [-0.05, 0) is 6.42 Å². The molecule has 1 aliphatic rings. The molecule has 11 nitrogen and oxygen atoms in total. The molecule has 4 N–H and O–H groups in total. The van der Waals surface area contributed by atoms with Gasteiger partial charge < -0.3 is 15.9 Å². The lowest BCUT2D eigenvalue weighted by molar-refractivity contribution is -0.144. The Labute approximate surface area is 141 Å². The van der Waals surface area contributed by atoms with Gasteiger partial charge in [-0.2, -0.15) is 8.42 Å². The molecule has 2 heterocycles. The zero-order chi connectivity index (χ0) is 18.1. The van der Waals surface area contributed by atoms with Gasteiger partial charge in [0.05, 0.1) is 6.04 Å². The summed E-state index contributed by atoms with van der Waals surface area (Å²) < 4.78 is 31.7. The van der Waals surface area contributed by atoms with Gasteiger partial charge in [0, 0.05) is 5.38 Å². The Morgan fingerprint density at radius 3 is 2.75 bits per heavy atom. The summed E-state index contributed by atoms with van der Waals surface area (Å²) in [6, 6.07) is -2.00. The van der Waals surface area contributed by atoms with E-state index in [-0.39, 0.29) is 23.0 Å². The van der Waals surface area contributed by atoms with Gasteiger partial charge in [0.2, 0.25) is 0 Å². The van der Waals surface area contributed by atoms with E-state index in [1.54, 1.807) is 6.92 Å². The molecule has 1 aliphatic heterocycles. The summed E-state index contributed by atoms with van der Waals surface area (Å²) in [5.41, 5.74) is 5.45. The van der Waals surface area contributed by atoms with Crippen LogP contribution in [0.2, 0.25) is 0 Å². The fourth-order valence-corrected chi connectivity index (χ4v) is 3.77. The number of nitrogens with two attached hydrogens (primary N) is 1. The molecule has 2 atom stereocenters. The molecule has 2 amide bonds. The first-order valence-electron chi connectivity index (χ1n) is 6.64. The smallest absolute Gasteiger partial charge is 0.362 e. The number of thiazole rings is 1. The maximum Gasteiger partial charge on any atom is 0.362 e. The van der Waals surface area contributed by atoms with Gasteiger partial charge in [0.25, 0.3) is 11.8 Å². The largest absolute Gasteiger partial charge is 0.398 e. The number of hydrogen-bond acceptors (Lipinski definition) is 9. The van der Waals surface area contributed by atoms with Crippen LogP contribution in [-0.4, -0.2) is 59.0 Å². The van der Waals surface area contributed by atoms with Crippen molar-refractivity contribution in [3.05, 3.63) is 11.1 Å². The molecule has 1 aromatic heterocycles. The van der Waals surface area contributed by atoms with E-state index in [4.69, 9.17) is 10.3 Å². The highest BCUT2D eigenvalue weighted by Gasteiger charge is 2.53. The van der Waals surface area contributed by atoms with Gasteiger partial charge in [-0.3, -0.25) is 14.1 Å². The number of amides is 2. The van der Waals surface area contributed by atoms with Gasteiger partial charge in [-0.15, -0.1) is 11.3 Å². The van der Waals surface area contributed by atoms with E-state index in [1.807, 2.05) is 0 Å². The first-order valence-corrected chi connectivity index (χ1v) is 8.92. The number of nitrogen functional groups attached to an aromatic ring is 1. The summed E-state index contributed by atoms with van der Waals surface area (Å²) in [4.78, 5) is 32.7. The van der Waals surface area contributed by atoms with Crippen LogP contribution >= 0.6 is 11.3 Å². The summed E-state index contributed by atoms with van der Waals surface area (Å²) in [5, 5.41) is 7.63. The van der Waals surface area contributed by atoms with E-state index in [0.29, 0.717) is 4.31 Å². The summed E-state index contributed by atoms with van der Waals surface area (Å²) in [6.45, 7) is 1.61. The molecule has 0 aliphatic carbocycles. The standard InChI is InChI=1S/C11H15N5O6S2/c1-3-6-8(10(18)16(6)24(19,20)21)14-9(17)7(15-22-2)5-4-23-11(12)13-5/h4,6,8H,3H2,1-2H3,(H2,12,13)(H,14,17)(H,19,20,21)/b15-7-/t6-,8-/m1/s1. The minimum absolute atomic E-state index is 0.156. The van der Waals surface area contributed by atoms with E-state index in [1.165, 1.54) is 12.5 Å². The first-order chi connectivity index (χ1) is 11.2. The van der Waals surface area contributed by atoms with E-state index in [0.717, 1.165) is 11.3 Å². The summed E-state index contributed by atoms with van der Waals surface area (Å²) in [6.07, 6.45) is 0.205. The third-order valence-corrected chi connectivity index (χ3v) is 4.91. The Bertz CT molecular complexity index is 789. The number of aromatic nitrogens is 1. The Balaban J connectivity index is 2.19. The van der Waals surface area contributed by atoms with Crippen LogP contribution in [-0.2, 0) is 24.7 Å². The van der Waals surface area contributed by atoms with Crippen LogP contribution in [0.4, 0.5) is 5.13 Å². The highest BCUT2D eigenvalue weighted by molar-refractivity contribution is 7.84. The average molecular weight is 377 g/mol. The predicted molar refractivity (Wildman–Crippen MR) is 84.5 cm³/mol. The number of β-lactam (4-membered cyclic amide) rings is 1. The first kappa shape index (κ1) is 18.1. The topological polar surface area (TPSA) is 164 Å². The number of anilines is 1. The van der Waals surface area contributed by atoms with Crippen molar-refractivity contribution < 1.29 is 27.4 Å². The normalized spacial score (nSPS) is 21.4. The molecule has 0 radical (unpaired) electrons. The fourth-order valence-electron chi connectivity index (χ4n) is 2.26. The predicted octanol–water partition coefficient (Wildman–Crippen LogP) is -1.02. The summed E-state index contributed by atoms with van der Waals surface area (Å²) in [7, 11) is -3.45. The molecule has 13 heteroatoms. The molecule has 0 bridgehead atoms.